The van der Waals surface area contributed by atoms with Gasteiger partial charge in [0.1, 0.15) is 0 Å². The summed E-state index contributed by atoms with van der Waals surface area (Å²) in [6, 6.07) is 10.7. The number of unbranched alkanes of at least 4 members (excludes halogenated alkanes) is 4. The average Bonchev–Trinajstić information content (AvgIpc) is 3.02. The fourth-order valence-electron chi connectivity index (χ4n) is 7.73. The lowest BCUT2D eigenvalue weighted by Crippen LogP contribution is -2.28. The molecule has 1 nitrogen and oxygen atoms in total. The quantitative estimate of drug-likeness (QED) is 0.148. The lowest BCUT2D eigenvalue weighted by Gasteiger charge is -2.40. The van der Waals surface area contributed by atoms with Crippen molar-refractivity contribution in [3.05, 3.63) is 70.8 Å². The van der Waals surface area contributed by atoms with Crippen molar-refractivity contribution in [1.82, 2.24) is 0 Å². The molecular formula is C38H52F6O. The maximum atomic E-state index is 13.5. The summed E-state index contributed by atoms with van der Waals surface area (Å²) in [6.07, 6.45) is 8.04. The first-order chi connectivity index (χ1) is 21.5. The third-order valence-electron chi connectivity index (χ3n) is 10.5. The van der Waals surface area contributed by atoms with Crippen LogP contribution in [-0.4, -0.2) is 0 Å². The zero-order valence-electron chi connectivity index (χ0n) is 27.1. The summed E-state index contributed by atoms with van der Waals surface area (Å²) >= 11 is 0. The highest BCUT2D eigenvalue weighted by atomic mass is 19.4. The normalized spacial score (nSPS) is 24.4. The smallest absolute Gasteiger partial charge is 0.365 e. The molecule has 0 saturated heterocycles. The molecule has 2 fully saturated rings. The first-order valence-corrected chi connectivity index (χ1v) is 17.5. The minimum atomic E-state index is -4.43. The van der Waals surface area contributed by atoms with Gasteiger partial charge in [0.15, 0.2) is 0 Å². The van der Waals surface area contributed by atoms with Crippen molar-refractivity contribution in [3.8, 4) is 0 Å². The predicted molar refractivity (Wildman–Crippen MR) is 169 cm³/mol. The van der Waals surface area contributed by atoms with E-state index in [4.69, 9.17) is 4.74 Å². The highest BCUT2D eigenvalue weighted by Crippen LogP contribution is 2.48. The summed E-state index contributed by atoms with van der Waals surface area (Å²) in [7, 11) is 0. The molecule has 0 bridgehead atoms. The molecule has 0 spiro atoms. The van der Waals surface area contributed by atoms with Crippen LogP contribution in [0.3, 0.4) is 0 Å². The van der Waals surface area contributed by atoms with Crippen LogP contribution in [0.4, 0.5) is 26.3 Å². The van der Waals surface area contributed by atoms with E-state index in [-0.39, 0.29) is 11.8 Å². The first-order valence-electron chi connectivity index (χ1n) is 17.5. The minimum Gasteiger partial charge on any atom is -0.365 e. The van der Waals surface area contributed by atoms with Crippen LogP contribution < -0.4 is 0 Å². The van der Waals surface area contributed by atoms with Crippen LogP contribution in [0.1, 0.15) is 151 Å². The fraction of sp³-hybridized carbons (Fsp3) is 0.684. The molecule has 7 heteroatoms. The fourth-order valence-corrected chi connectivity index (χ4v) is 7.73. The van der Waals surface area contributed by atoms with Gasteiger partial charge < -0.3 is 4.74 Å². The van der Waals surface area contributed by atoms with E-state index in [2.05, 4.69) is 13.8 Å². The Kier molecular flexibility index (Phi) is 13.3. The number of hydrogen-bond donors (Lipinski definition) is 0. The van der Waals surface area contributed by atoms with Crippen molar-refractivity contribution in [2.45, 2.75) is 141 Å². The molecule has 0 radical (unpaired) electrons. The van der Waals surface area contributed by atoms with E-state index < -0.39 is 35.7 Å². The van der Waals surface area contributed by atoms with Gasteiger partial charge in [-0.1, -0.05) is 115 Å². The van der Waals surface area contributed by atoms with Crippen molar-refractivity contribution in [2.75, 3.05) is 0 Å². The van der Waals surface area contributed by atoms with Crippen molar-refractivity contribution < 1.29 is 31.1 Å². The average molecular weight is 639 g/mol. The molecule has 2 unspecified atom stereocenters. The van der Waals surface area contributed by atoms with Gasteiger partial charge in [0.25, 0.3) is 0 Å². The third-order valence-corrected chi connectivity index (χ3v) is 10.5. The second kappa shape index (κ2) is 16.7. The Labute approximate surface area is 266 Å². The Hall–Kier alpha value is -2.02. The number of rotatable bonds is 14. The van der Waals surface area contributed by atoms with Crippen molar-refractivity contribution in [2.24, 2.45) is 23.7 Å². The van der Waals surface area contributed by atoms with Gasteiger partial charge >= 0.3 is 12.4 Å². The van der Waals surface area contributed by atoms with Crippen molar-refractivity contribution in [1.29, 1.82) is 0 Å². The van der Waals surface area contributed by atoms with Crippen LogP contribution >= 0.6 is 0 Å². The molecular weight excluding hydrogens is 586 g/mol. The zero-order valence-corrected chi connectivity index (χ0v) is 27.1. The van der Waals surface area contributed by atoms with Gasteiger partial charge in [-0.05, 0) is 84.7 Å². The summed E-state index contributed by atoms with van der Waals surface area (Å²) in [5.74, 6) is 1.61. The Morgan fingerprint density at radius 1 is 0.533 bits per heavy atom. The van der Waals surface area contributed by atoms with Crippen molar-refractivity contribution in [3.63, 3.8) is 0 Å². The molecule has 45 heavy (non-hydrogen) atoms. The lowest BCUT2D eigenvalue weighted by molar-refractivity contribution is -0.138. The molecule has 0 amide bonds. The number of alkyl halides is 6. The van der Waals surface area contributed by atoms with Crippen LogP contribution in [0.5, 0.6) is 0 Å². The van der Waals surface area contributed by atoms with Crippen LogP contribution in [-0.2, 0) is 17.1 Å². The predicted octanol–water partition coefficient (Wildman–Crippen LogP) is 13.3. The van der Waals surface area contributed by atoms with E-state index in [0.717, 1.165) is 86.8 Å². The second-order valence-corrected chi connectivity index (χ2v) is 13.8. The molecule has 0 heterocycles. The van der Waals surface area contributed by atoms with Gasteiger partial charge in [-0.25, -0.2) is 0 Å². The van der Waals surface area contributed by atoms with Gasteiger partial charge in [0, 0.05) is 0 Å². The Morgan fingerprint density at radius 2 is 0.867 bits per heavy atom. The molecule has 2 aromatic rings. The van der Waals surface area contributed by atoms with Gasteiger partial charge in [-0.2, -0.15) is 26.3 Å². The maximum Gasteiger partial charge on any atom is 0.416 e. The van der Waals surface area contributed by atoms with E-state index in [1.165, 1.54) is 51.4 Å². The SMILES string of the molecule is CCCCCC1CCC(C(OC(c2ccc(C(F)(F)F)cc2)C2CCC(CCCCC)CC2)c2ccc(C(F)(F)F)cc2)CC1. The summed E-state index contributed by atoms with van der Waals surface area (Å²) in [5.41, 5.74) is 0.0702. The van der Waals surface area contributed by atoms with Crippen molar-refractivity contribution >= 4 is 0 Å². The number of benzene rings is 2. The lowest BCUT2D eigenvalue weighted by atomic mass is 9.74. The first kappa shape index (κ1) is 35.8. The van der Waals surface area contributed by atoms with Gasteiger partial charge in [0.2, 0.25) is 0 Å². The molecule has 2 saturated carbocycles. The Bertz CT molecular complexity index is 1020. The number of halogens is 6. The number of ether oxygens (including phenoxy) is 1. The molecule has 2 aliphatic carbocycles. The highest BCUT2D eigenvalue weighted by Gasteiger charge is 2.37. The summed E-state index contributed by atoms with van der Waals surface area (Å²) in [5, 5.41) is 0. The second-order valence-electron chi connectivity index (χ2n) is 13.8. The van der Waals surface area contributed by atoms with E-state index in [1.54, 1.807) is 24.3 Å². The molecule has 4 rings (SSSR count). The molecule has 0 aliphatic heterocycles. The summed E-state index contributed by atoms with van der Waals surface area (Å²) in [4.78, 5) is 0. The van der Waals surface area contributed by atoms with Crippen LogP contribution in [0.2, 0.25) is 0 Å². The Balaban J connectivity index is 1.60. The van der Waals surface area contributed by atoms with Crippen LogP contribution in [0, 0.1) is 23.7 Å². The van der Waals surface area contributed by atoms with Gasteiger partial charge in [-0.15, -0.1) is 0 Å². The molecule has 252 valence electrons. The maximum absolute atomic E-state index is 13.5. The van der Waals surface area contributed by atoms with Crippen LogP contribution in [0.25, 0.3) is 0 Å². The van der Waals surface area contributed by atoms with E-state index >= 15 is 0 Å². The molecule has 0 N–H and O–H groups in total. The topological polar surface area (TPSA) is 9.23 Å². The van der Waals surface area contributed by atoms with E-state index in [1.807, 2.05) is 0 Å². The summed E-state index contributed by atoms with van der Waals surface area (Å²) in [6.45, 7) is 4.41. The number of hydrogen-bond acceptors (Lipinski definition) is 1. The van der Waals surface area contributed by atoms with Crippen LogP contribution in [0.15, 0.2) is 48.5 Å². The standard InChI is InChI=1S/C38H52F6O/c1-3-5-7-9-27-11-15-29(16-12-27)35(31-19-23-33(24-20-31)37(39,40)41)45-36(32-21-25-34(26-22-32)38(42,43)44)30-17-13-28(14-18-30)10-8-6-4-2/h19-30,35-36H,3-18H2,1-2H3. The van der Waals surface area contributed by atoms with E-state index in [9.17, 15) is 26.3 Å². The molecule has 2 aromatic carbocycles. The molecule has 2 aliphatic rings. The third kappa shape index (κ3) is 10.5. The van der Waals surface area contributed by atoms with Gasteiger partial charge in [-0.3, -0.25) is 0 Å². The molecule has 0 aromatic heterocycles. The van der Waals surface area contributed by atoms with E-state index in [0.29, 0.717) is 11.8 Å². The molecule has 2 atom stereocenters. The summed E-state index contributed by atoms with van der Waals surface area (Å²) < 4.78 is 87.8. The Morgan fingerprint density at radius 3 is 1.16 bits per heavy atom. The monoisotopic (exact) mass is 638 g/mol. The van der Waals surface area contributed by atoms with Gasteiger partial charge in [0.05, 0.1) is 23.3 Å². The largest absolute Gasteiger partial charge is 0.416 e. The highest BCUT2D eigenvalue weighted by molar-refractivity contribution is 5.29. The minimum absolute atomic E-state index is 0.145. The zero-order chi connectivity index (χ0) is 32.5.